The van der Waals surface area contributed by atoms with Gasteiger partial charge in [-0.15, -0.1) is 0 Å². The molecule has 0 amide bonds. The van der Waals surface area contributed by atoms with Gasteiger partial charge in [0.15, 0.2) is 24.8 Å². The first-order chi connectivity index (χ1) is 22.6. The van der Waals surface area contributed by atoms with Gasteiger partial charge >= 0.3 is 0 Å². The summed E-state index contributed by atoms with van der Waals surface area (Å²) in [5.74, 6) is 0. The van der Waals surface area contributed by atoms with E-state index in [9.17, 15) is 25.9 Å². The molecule has 2 aromatic carbocycles. The van der Waals surface area contributed by atoms with E-state index in [4.69, 9.17) is 0 Å². The highest BCUT2D eigenvalue weighted by atomic mass is 32.3. The number of nitrogens with zero attached hydrogens (tertiary/aromatic N) is 4. The Hall–Kier alpha value is -4.44. The summed E-state index contributed by atoms with van der Waals surface area (Å²) >= 11 is 0. The highest BCUT2D eigenvalue weighted by Crippen LogP contribution is 2.18. The highest BCUT2D eigenvalue weighted by molar-refractivity contribution is 7.81. The molecule has 0 spiro atoms. The zero-order valence-corrected chi connectivity index (χ0v) is 29.5. The molecule has 0 fully saturated rings. The molecule has 0 atom stereocenters. The third-order valence-electron chi connectivity index (χ3n) is 6.79. The highest BCUT2D eigenvalue weighted by Gasteiger charge is 2.05. The van der Waals surface area contributed by atoms with Gasteiger partial charge in [-0.25, -0.2) is 26.0 Å². The first-order valence-electron chi connectivity index (χ1n) is 14.5. The van der Waals surface area contributed by atoms with E-state index in [1.165, 1.54) is 33.6 Å². The van der Waals surface area contributed by atoms with Crippen LogP contribution in [0.15, 0.2) is 97.6 Å². The lowest BCUT2D eigenvalue weighted by molar-refractivity contribution is -0.671. The number of aromatic nitrogens is 2. The maximum atomic E-state index is 9.22. The summed E-state index contributed by atoms with van der Waals surface area (Å²) in [6, 6.07) is 25.9. The molecule has 4 aromatic rings. The largest absolute Gasteiger partial charge is 0.726 e. The Morgan fingerprint density at radius 2 is 0.771 bits per heavy atom. The molecule has 12 nitrogen and oxygen atoms in total. The van der Waals surface area contributed by atoms with Crippen molar-refractivity contribution in [1.82, 2.24) is 0 Å². The number of hydrogen-bond donors (Lipinski definition) is 0. The predicted octanol–water partition coefficient (Wildman–Crippen LogP) is 3.44. The second kappa shape index (κ2) is 19.4. The van der Waals surface area contributed by atoms with Crippen LogP contribution in [0.3, 0.4) is 0 Å². The van der Waals surface area contributed by atoms with Crippen molar-refractivity contribution in [2.75, 3.05) is 51.2 Å². The van der Waals surface area contributed by atoms with Crippen molar-refractivity contribution in [3.8, 4) is 0 Å². The second-order valence-corrected chi connectivity index (χ2v) is 12.7. The van der Waals surface area contributed by atoms with Crippen molar-refractivity contribution in [1.29, 1.82) is 0 Å². The fourth-order valence-electron chi connectivity index (χ4n) is 3.87. The van der Waals surface area contributed by atoms with Gasteiger partial charge in [-0.05, 0) is 46.5 Å². The summed E-state index contributed by atoms with van der Waals surface area (Å²) in [4.78, 5) is 4.61. The Morgan fingerprint density at radius 3 is 1.00 bits per heavy atom. The minimum atomic E-state index is -4.41. The number of aryl methyl sites for hydroxylation is 2. The zero-order chi connectivity index (χ0) is 35.7. The van der Waals surface area contributed by atoms with E-state index >= 15 is 0 Å². The lowest BCUT2D eigenvalue weighted by atomic mass is 10.1. The molecule has 258 valence electrons. The van der Waals surface area contributed by atoms with E-state index in [1.54, 1.807) is 0 Å². The monoisotopic (exact) mass is 698 g/mol. The molecule has 48 heavy (non-hydrogen) atoms. The number of benzene rings is 2. The Bertz CT molecular complexity index is 1680. The Balaban J connectivity index is 0.000000570. The van der Waals surface area contributed by atoms with Crippen LogP contribution in [0.4, 0.5) is 11.4 Å². The van der Waals surface area contributed by atoms with Crippen LogP contribution in [-0.2, 0) is 43.3 Å². The maximum absolute atomic E-state index is 9.22. The molecule has 0 saturated carbocycles. The van der Waals surface area contributed by atoms with Gasteiger partial charge in [0.1, 0.15) is 14.1 Å². The zero-order valence-electron chi connectivity index (χ0n) is 27.8. The normalized spacial score (nSPS) is 11.4. The SMILES string of the molecule is CN(CCN(C)c1ccc(/C=C/c2cc[n+](C)cc2)cc1)c1ccc(/C=C/c2cc[n+](C)cc2)cc1.COS(=O)(=O)[O-].COS(=O)(=O)[O-]. The third kappa shape index (κ3) is 16.4. The van der Waals surface area contributed by atoms with Crippen LogP contribution in [0, 0.1) is 0 Å². The maximum Gasteiger partial charge on any atom is 0.217 e. The number of pyridine rings is 2. The first-order valence-corrected chi connectivity index (χ1v) is 17.2. The van der Waals surface area contributed by atoms with E-state index in [0.717, 1.165) is 27.3 Å². The average molecular weight is 699 g/mol. The fraction of sp³-hybridized carbons (Fsp3) is 0.235. The molecule has 14 heteroatoms. The van der Waals surface area contributed by atoms with Gasteiger partial charge in [-0.3, -0.25) is 8.37 Å². The topological polar surface area (TPSA) is 147 Å². The van der Waals surface area contributed by atoms with Gasteiger partial charge < -0.3 is 18.9 Å². The molecular weight excluding hydrogens is 657 g/mol. The van der Waals surface area contributed by atoms with E-state index in [-0.39, 0.29) is 0 Å². The van der Waals surface area contributed by atoms with Crippen LogP contribution >= 0.6 is 0 Å². The van der Waals surface area contributed by atoms with E-state index < -0.39 is 20.8 Å². The van der Waals surface area contributed by atoms with Gasteiger partial charge in [0.2, 0.25) is 20.8 Å². The van der Waals surface area contributed by atoms with Gasteiger partial charge in [0.05, 0.1) is 14.2 Å². The fourth-order valence-corrected chi connectivity index (χ4v) is 3.87. The summed E-state index contributed by atoms with van der Waals surface area (Å²) in [6.07, 6.45) is 16.9. The summed E-state index contributed by atoms with van der Waals surface area (Å²) in [5, 5.41) is 0. The van der Waals surface area contributed by atoms with Crippen LogP contribution in [0.5, 0.6) is 0 Å². The Labute approximate surface area is 284 Å². The van der Waals surface area contributed by atoms with Crippen molar-refractivity contribution < 1.29 is 43.4 Å². The number of likely N-dealkylation sites (N-methyl/N-ethyl adjacent to an activating group) is 2. The van der Waals surface area contributed by atoms with Gasteiger partial charge in [-0.2, -0.15) is 0 Å². The van der Waals surface area contributed by atoms with Crippen LogP contribution in [0.1, 0.15) is 22.3 Å². The lowest BCUT2D eigenvalue weighted by Crippen LogP contribution is -2.30. The number of hydrogen-bond acceptors (Lipinski definition) is 10. The number of anilines is 2. The molecule has 0 radical (unpaired) electrons. The van der Waals surface area contributed by atoms with Crippen molar-refractivity contribution in [2.45, 2.75) is 0 Å². The second-order valence-electron chi connectivity index (χ2n) is 10.4. The van der Waals surface area contributed by atoms with Crippen LogP contribution in [0.2, 0.25) is 0 Å². The van der Waals surface area contributed by atoms with Crippen molar-refractivity contribution in [3.63, 3.8) is 0 Å². The minimum Gasteiger partial charge on any atom is -0.726 e. The van der Waals surface area contributed by atoms with Crippen molar-refractivity contribution in [3.05, 3.63) is 120 Å². The molecule has 0 unspecified atom stereocenters. The standard InChI is InChI=1S/C32H36N4.2CH4O4S/c1-33-21-17-29(18-22-33)7-5-27-9-13-31(14-10-27)35(3)25-26-36(4)32-15-11-28(12-16-32)6-8-30-19-23-34(2)24-20-30;2*1-5-6(2,3)4/h5-24H,25-26H2,1-4H3;2*1H3,(H,2,3,4)/q+2;;/p-2. The van der Waals surface area contributed by atoms with Gasteiger partial charge in [0, 0.05) is 62.8 Å². The minimum absolute atomic E-state index is 0.808. The first kappa shape index (κ1) is 39.7. The third-order valence-corrected chi connectivity index (χ3v) is 7.61. The summed E-state index contributed by atoms with van der Waals surface area (Å²) < 4.78 is 66.1. The Morgan fingerprint density at radius 1 is 0.542 bits per heavy atom. The molecule has 0 bridgehead atoms. The Kier molecular flexibility index (Phi) is 16.1. The number of rotatable bonds is 11. The summed E-state index contributed by atoms with van der Waals surface area (Å²) in [6.45, 7) is 1.89. The molecule has 0 aliphatic rings. The van der Waals surface area contributed by atoms with E-state index in [1.807, 2.05) is 23.2 Å². The molecular formula is C34H42N4O8S2. The molecule has 2 heterocycles. The van der Waals surface area contributed by atoms with E-state index in [0.29, 0.717) is 0 Å². The molecule has 0 N–H and O–H groups in total. The molecule has 0 aliphatic carbocycles. The summed E-state index contributed by atoms with van der Waals surface area (Å²) in [7, 11) is 1.16. The van der Waals surface area contributed by atoms with E-state index in [2.05, 4.69) is 154 Å². The lowest BCUT2D eigenvalue weighted by Gasteiger charge is -2.25. The predicted molar refractivity (Wildman–Crippen MR) is 186 cm³/mol. The average Bonchev–Trinajstić information content (AvgIpc) is 3.07. The van der Waals surface area contributed by atoms with Gasteiger partial charge in [-0.1, -0.05) is 48.6 Å². The quantitative estimate of drug-likeness (QED) is 0.130. The van der Waals surface area contributed by atoms with Crippen LogP contribution in [-0.4, -0.2) is 67.3 Å². The summed E-state index contributed by atoms with van der Waals surface area (Å²) in [5.41, 5.74) is 7.25. The van der Waals surface area contributed by atoms with Gasteiger partial charge in [0.25, 0.3) is 0 Å². The van der Waals surface area contributed by atoms with Crippen molar-refractivity contribution in [2.24, 2.45) is 14.1 Å². The van der Waals surface area contributed by atoms with Crippen LogP contribution < -0.4 is 18.9 Å². The molecule has 0 aliphatic heterocycles. The molecule has 2 aromatic heterocycles. The smallest absolute Gasteiger partial charge is 0.217 e. The molecule has 4 rings (SSSR count). The van der Waals surface area contributed by atoms with Crippen molar-refractivity contribution >= 4 is 56.5 Å². The molecule has 0 saturated heterocycles. The van der Waals surface area contributed by atoms with Crippen LogP contribution in [0.25, 0.3) is 24.3 Å².